The van der Waals surface area contributed by atoms with Crippen molar-refractivity contribution in [1.29, 1.82) is 0 Å². The van der Waals surface area contributed by atoms with Crippen LogP contribution in [-0.4, -0.2) is 11.9 Å². The lowest BCUT2D eigenvalue weighted by Crippen LogP contribution is -1.89. The van der Waals surface area contributed by atoms with Crippen molar-refractivity contribution in [3.05, 3.63) is 49.6 Å². The van der Waals surface area contributed by atoms with E-state index in [2.05, 4.69) is 31.5 Å². The highest BCUT2D eigenvalue weighted by molar-refractivity contribution is 5.21. The van der Waals surface area contributed by atoms with Crippen molar-refractivity contribution in [3.63, 3.8) is 0 Å². The van der Waals surface area contributed by atoms with Crippen molar-refractivity contribution in [1.82, 2.24) is 0 Å². The Hall–Kier alpha value is -1.12. The monoisotopic (exact) mass is 182 g/mol. The summed E-state index contributed by atoms with van der Waals surface area (Å²) in [5.41, 5.74) is 0.799. The molecule has 0 aromatic carbocycles. The molecule has 0 bridgehead atoms. The first kappa shape index (κ1) is 14.4. The molecule has 13 heavy (non-hydrogen) atoms. The minimum absolute atomic E-state index is 0.162. The molecule has 0 aliphatic rings. The van der Waals surface area contributed by atoms with Gasteiger partial charge in [-0.1, -0.05) is 44.4 Å². The van der Waals surface area contributed by atoms with Gasteiger partial charge in [0.05, 0.1) is 0 Å². The minimum atomic E-state index is 0.162. The van der Waals surface area contributed by atoms with Crippen molar-refractivity contribution in [2.75, 3.05) is 6.61 Å². The normalized spacial score (nSPS) is 9.54. The van der Waals surface area contributed by atoms with Gasteiger partial charge in [-0.3, -0.25) is 5.26 Å². The molecule has 0 unspecified atom stereocenters. The topological polar surface area (TPSA) is 29.5 Å². The molecular weight excluding hydrogens is 164 g/mol. The quantitative estimate of drug-likeness (QED) is 0.306. The van der Waals surface area contributed by atoms with Crippen LogP contribution in [0.3, 0.4) is 0 Å². The molecule has 0 atom stereocenters. The number of hydrogen-bond donors (Lipinski definition) is 1. The summed E-state index contributed by atoms with van der Waals surface area (Å²) in [5.74, 6) is 0. The highest BCUT2D eigenvalue weighted by atomic mass is 17.1. The van der Waals surface area contributed by atoms with E-state index in [4.69, 9.17) is 5.26 Å². The Morgan fingerprint density at radius 1 is 1.38 bits per heavy atom. The van der Waals surface area contributed by atoms with Gasteiger partial charge in [0.25, 0.3) is 0 Å². The van der Waals surface area contributed by atoms with Gasteiger partial charge in [0.15, 0.2) is 0 Å². The van der Waals surface area contributed by atoms with Crippen molar-refractivity contribution in [2.45, 2.75) is 13.3 Å². The number of allylic oxidation sites excluding steroid dienone is 3. The van der Waals surface area contributed by atoms with Crippen LogP contribution in [0.5, 0.6) is 0 Å². The van der Waals surface area contributed by atoms with Gasteiger partial charge in [-0.05, 0) is 12.0 Å². The predicted molar refractivity (Wildman–Crippen MR) is 57.5 cm³/mol. The van der Waals surface area contributed by atoms with Crippen LogP contribution in [0.4, 0.5) is 0 Å². The molecule has 0 heterocycles. The van der Waals surface area contributed by atoms with E-state index < -0.39 is 0 Å². The largest absolute Gasteiger partial charge is 0.251 e. The van der Waals surface area contributed by atoms with E-state index in [0.717, 1.165) is 12.0 Å². The zero-order valence-corrected chi connectivity index (χ0v) is 8.20. The van der Waals surface area contributed by atoms with Gasteiger partial charge in [-0.2, -0.15) is 0 Å². The average molecular weight is 182 g/mol. The molecule has 0 rings (SSSR count). The molecule has 0 aliphatic heterocycles. The zero-order chi connectivity index (χ0) is 10.5. The van der Waals surface area contributed by atoms with E-state index in [0.29, 0.717) is 0 Å². The van der Waals surface area contributed by atoms with Crippen molar-refractivity contribution >= 4 is 0 Å². The van der Waals surface area contributed by atoms with E-state index >= 15 is 0 Å². The molecule has 0 aliphatic carbocycles. The maximum absolute atomic E-state index is 7.97. The van der Waals surface area contributed by atoms with Gasteiger partial charge in [0.1, 0.15) is 6.61 Å². The van der Waals surface area contributed by atoms with Gasteiger partial charge in [-0.15, -0.1) is 6.58 Å². The molecule has 2 heteroatoms. The minimum Gasteiger partial charge on any atom is -0.251 e. The summed E-state index contributed by atoms with van der Waals surface area (Å²) in [6, 6.07) is 0. The predicted octanol–water partition coefficient (Wildman–Crippen LogP) is 3.36. The molecule has 74 valence electrons. The molecule has 1 N–H and O–H groups in total. The maximum Gasteiger partial charge on any atom is 0.107 e. The second-order valence-corrected chi connectivity index (χ2v) is 2.15. The highest BCUT2D eigenvalue weighted by Gasteiger charge is 1.86. The molecule has 0 spiro atoms. The van der Waals surface area contributed by atoms with E-state index in [1.165, 1.54) is 0 Å². The van der Waals surface area contributed by atoms with Crippen LogP contribution in [0.15, 0.2) is 49.6 Å². The molecule has 0 amide bonds. The van der Waals surface area contributed by atoms with Crippen LogP contribution in [0.25, 0.3) is 0 Å². The fourth-order valence-corrected chi connectivity index (χ4v) is 0.401. The van der Waals surface area contributed by atoms with Crippen LogP contribution in [0, 0.1) is 0 Å². The third-order valence-corrected chi connectivity index (χ3v) is 1.11. The fraction of sp³-hybridized carbons (Fsp3) is 0.273. The lowest BCUT2D eigenvalue weighted by atomic mass is 10.2. The second kappa shape index (κ2) is 13.5. The van der Waals surface area contributed by atoms with E-state index in [-0.39, 0.29) is 6.61 Å². The van der Waals surface area contributed by atoms with Crippen molar-refractivity contribution < 1.29 is 10.1 Å². The summed E-state index contributed by atoms with van der Waals surface area (Å²) < 4.78 is 0. The van der Waals surface area contributed by atoms with Crippen LogP contribution >= 0.6 is 0 Å². The summed E-state index contributed by atoms with van der Waals surface area (Å²) in [7, 11) is 0. The Bertz CT molecular complexity index is 169. The Balaban J connectivity index is 0. The average Bonchev–Trinajstić information content (AvgIpc) is 2.18. The highest BCUT2D eigenvalue weighted by Crippen LogP contribution is 1.94. The Labute approximate surface area is 80.5 Å². The van der Waals surface area contributed by atoms with E-state index in [1.807, 2.05) is 6.08 Å². The summed E-state index contributed by atoms with van der Waals surface area (Å²) in [6.45, 7) is 12.7. The van der Waals surface area contributed by atoms with Crippen LogP contribution < -0.4 is 0 Å². The van der Waals surface area contributed by atoms with Gasteiger partial charge in [-0.25, -0.2) is 4.89 Å². The van der Waals surface area contributed by atoms with E-state index in [9.17, 15) is 0 Å². The lowest BCUT2D eigenvalue weighted by Gasteiger charge is -1.93. The van der Waals surface area contributed by atoms with Gasteiger partial charge >= 0.3 is 0 Å². The Kier molecular flexibility index (Phi) is 14.9. The lowest BCUT2D eigenvalue weighted by molar-refractivity contribution is -0.233. The Morgan fingerprint density at radius 2 is 1.92 bits per heavy atom. The van der Waals surface area contributed by atoms with Crippen molar-refractivity contribution in [3.8, 4) is 0 Å². The summed E-state index contributed by atoms with van der Waals surface area (Å²) >= 11 is 0. The second-order valence-electron chi connectivity index (χ2n) is 2.15. The van der Waals surface area contributed by atoms with Crippen molar-refractivity contribution in [2.24, 2.45) is 0 Å². The summed E-state index contributed by atoms with van der Waals surface area (Å²) in [5, 5.41) is 7.97. The standard InChI is InChI=1S/C7H10O2.C4H8/c1-3-5-7(4-2)6-9-8;1-3-4-2/h3-5,8H,1-2,6H2;3H,1,4H2,2H3/b7-5+;. The molecule has 0 saturated carbocycles. The third kappa shape index (κ3) is 13.8. The molecule has 0 aromatic rings. The van der Waals surface area contributed by atoms with Gasteiger partial charge < -0.3 is 0 Å². The molecular formula is C11H18O2. The molecule has 2 nitrogen and oxygen atoms in total. The summed E-state index contributed by atoms with van der Waals surface area (Å²) in [4.78, 5) is 3.86. The smallest absolute Gasteiger partial charge is 0.107 e. The first-order valence-corrected chi connectivity index (χ1v) is 4.08. The molecule has 0 saturated heterocycles. The maximum atomic E-state index is 7.97. The molecule has 0 radical (unpaired) electrons. The van der Waals surface area contributed by atoms with Crippen LogP contribution in [-0.2, 0) is 4.89 Å². The SMILES string of the molecule is C=C/C=C(\C=C)COO.C=CCC. The van der Waals surface area contributed by atoms with Gasteiger partial charge in [0, 0.05) is 0 Å². The van der Waals surface area contributed by atoms with Gasteiger partial charge in [0.2, 0.25) is 0 Å². The first-order chi connectivity index (χ1) is 6.26. The fourth-order valence-electron chi connectivity index (χ4n) is 0.401. The van der Waals surface area contributed by atoms with Crippen LogP contribution in [0.1, 0.15) is 13.3 Å². The molecule has 0 aromatic heterocycles. The number of hydrogen-bond acceptors (Lipinski definition) is 2. The summed E-state index contributed by atoms with van der Waals surface area (Å²) in [6.07, 6.45) is 7.87. The third-order valence-electron chi connectivity index (χ3n) is 1.11. The number of rotatable bonds is 5. The first-order valence-electron chi connectivity index (χ1n) is 4.08. The zero-order valence-electron chi connectivity index (χ0n) is 8.20. The van der Waals surface area contributed by atoms with Crippen LogP contribution in [0.2, 0.25) is 0 Å². The molecule has 0 fully saturated rings. The van der Waals surface area contributed by atoms with E-state index in [1.54, 1.807) is 18.2 Å². The Morgan fingerprint density at radius 3 is 2.15 bits per heavy atom.